The molecular formula is C13H22N4O. The summed E-state index contributed by atoms with van der Waals surface area (Å²) in [6.07, 6.45) is 1.18. The molecule has 2 heterocycles. The van der Waals surface area contributed by atoms with Crippen molar-refractivity contribution in [3.05, 3.63) is 11.9 Å². The summed E-state index contributed by atoms with van der Waals surface area (Å²) in [5.74, 6) is 2.37. The van der Waals surface area contributed by atoms with Gasteiger partial charge in [-0.15, -0.1) is 0 Å². The predicted octanol–water partition coefficient (Wildman–Crippen LogP) is 1.23. The molecule has 1 saturated heterocycles. The average molecular weight is 250 g/mol. The zero-order valence-electron chi connectivity index (χ0n) is 11.7. The first-order valence-corrected chi connectivity index (χ1v) is 6.35. The number of methoxy groups -OCH3 is 1. The molecule has 1 aromatic rings. The van der Waals surface area contributed by atoms with E-state index in [-0.39, 0.29) is 0 Å². The molecule has 5 heteroatoms. The van der Waals surface area contributed by atoms with Crippen LogP contribution in [-0.2, 0) is 0 Å². The third-order valence-corrected chi connectivity index (χ3v) is 3.50. The van der Waals surface area contributed by atoms with Gasteiger partial charge in [0.1, 0.15) is 11.6 Å². The number of anilines is 1. The van der Waals surface area contributed by atoms with E-state index in [1.807, 2.05) is 20.0 Å². The van der Waals surface area contributed by atoms with Crippen molar-refractivity contribution in [2.75, 3.05) is 38.7 Å². The Bertz CT molecular complexity index is 423. The normalized spacial score (nSPS) is 23.4. The van der Waals surface area contributed by atoms with Gasteiger partial charge in [0.05, 0.1) is 7.11 Å². The first-order chi connectivity index (χ1) is 8.56. The third kappa shape index (κ3) is 2.72. The molecule has 1 aromatic heterocycles. The van der Waals surface area contributed by atoms with Crippen molar-refractivity contribution in [3.63, 3.8) is 0 Å². The fourth-order valence-corrected chi connectivity index (χ4v) is 2.58. The molecule has 0 bridgehead atoms. The molecule has 5 nitrogen and oxygen atoms in total. The van der Waals surface area contributed by atoms with Gasteiger partial charge in [0.15, 0.2) is 0 Å². The minimum absolute atomic E-state index is 0.320. The molecule has 0 radical (unpaired) electrons. The van der Waals surface area contributed by atoms with Crippen molar-refractivity contribution in [2.45, 2.75) is 20.3 Å². The number of ether oxygens (including phenoxy) is 1. The van der Waals surface area contributed by atoms with Crippen LogP contribution in [0.25, 0.3) is 0 Å². The first-order valence-electron chi connectivity index (χ1n) is 6.35. The van der Waals surface area contributed by atoms with Crippen LogP contribution >= 0.6 is 0 Å². The summed E-state index contributed by atoms with van der Waals surface area (Å²) >= 11 is 0. The van der Waals surface area contributed by atoms with Crippen molar-refractivity contribution >= 4 is 5.82 Å². The van der Waals surface area contributed by atoms with Gasteiger partial charge in [-0.1, -0.05) is 6.92 Å². The van der Waals surface area contributed by atoms with E-state index in [1.165, 1.54) is 6.42 Å². The van der Waals surface area contributed by atoms with Crippen LogP contribution < -0.4 is 15.0 Å². The smallest absolute Gasteiger partial charge is 0.218 e. The summed E-state index contributed by atoms with van der Waals surface area (Å²) in [6.45, 7) is 7.31. The van der Waals surface area contributed by atoms with Gasteiger partial charge in [-0.25, -0.2) is 4.98 Å². The van der Waals surface area contributed by atoms with Crippen LogP contribution in [0, 0.1) is 12.3 Å². The third-order valence-electron chi connectivity index (χ3n) is 3.50. The summed E-state index contributed by atoms with van der Waals surface area (Å²) in [7, 11) is 3.65. The van der Waals surface area contributed by atoms with Gasteiger partial charge in [0.2, 0.25) is 5.88 Å². The van der Waals surface area contributed by atoms with Gasteiger partial charge < -0.3 is 15.0 Å². The minimum atomic E-state index is 0.320. The highest BCUT2D eigenvalue weighted by molar-refractivity contribution is 5.43. The van der Waals surface area contributed by atoms with Gasteiger partial charge in [0, 0.05) is 25.7 Å². The summed E-state index contributed by atoms with van der Waals surface area (Å²) in [5.41, 5.74) is 0.320. The van der Waals surface area contributed by atoms with Crippen LogP contribution in [0.1, 0.15) is 19.2 Å². The number of hydrogen-bond acceptors (Lipinski definition) is 5. The Kier molecular flexibility index (Phi) is 3.71. The maximum atomic E-state index is 5.20. The molecule has 2 rings (SSSR count). The van der Waals surface area contributed by atoms with Crippen molar-refractivity contribution in [2.24, 2.45) is 5.41 Å². The zero-order chi connectivity index (χ0) is 13.2. The summed E-state index contributed by atoms with van der Waals surface area (Å²) in [5, 5.41) is 3.27. The highest BCUT2D eigenvalue weighted by Gasteiger charge is 2.33. The fourth-order valence-electron chi connectivity index (χ4n) is 2.58. The second-order valence-corrected chi connectivity index (χ2v) is 5.33. The maximum absolute atomic E-state index is 5.20. The van der Waals surface area contributed by atoms with Gasteiger partial charge in [-0.05, 0) is 25.8 Å². The number of aryl methyl sites for hydroxylation is 1. The maximum Gasteiger partial charge on any atom is 0.218 e. The fraction of sp³-hybridized carbons (Fsp3) is 0.692. The van der Waals surface area contributed by atoms with E-state index in [0.717, 1.165) is 31.3 Å². The van der Waals surface area contributed by atoms with Gasteiger partial charge in [-0.3, -0.25) is 0 Å². The first kappa shape index (κ1) is 13.1. The Hall–Kier alpha value is -1.36. The molecule has 1 atom stereocenters. The summed E-state index contributed by atoms with van der Waals surface area (Å²) in [6, 6.07) is 1.91. The van der Waals surface area contributed by atoms with Crippen molar-refractivity contribution < 1.29 is 4.74 Å². The second kappa shape index (κ2) is 5.10. The van der Waals surface area contributed by atoms with Crippen LogP contribution in [0.3, 0.4) is 0 Å². The molecule has 0 aromatic carbocycles. The molecule has 1 unspecified atom stereocenters. The van der Waals surface area contributed by atoms with Crippen LogP contribution in [0.2, 0.25) is 0 Å². The zero-order valence-corrected chi connectivity index (χ0v) is 11.7. The number of aromatic nitrogens is 2. The molecule has 18 heavy (non-hydrogen) atoms. The van der Waals surface area contributed by atoms with Crippen LogP contribution in [-0.4, -0.2) is 43.8 Å². The van der Waals surface area contributed by atoms with Crippen LogP contribution in [0.5, 0.6) is 5.88 Å². The number of hydrogen-bond donors (Lipinski definition) is 1. The second-order valence-electron chi connectivity index (χ2n) is 5.33. The number of nitrogens with one attached hydrogen (secondary N) is 1. The van der Waals surface area contributed by atoms with E-state index in [0.29, 0.717) is 11.3 Å². The topological polar surface area (TPSA) is 50.3 Å². The van der Waals surface area contributed by atoms with Gasteiger partial charge >= 0.3 is 0 Å². The van der Waals surface area contributed by atoms with E-state index in [2.05, 4.69) is 27.1 Å². The lowest BCUT2D eigenvalue weighted by atomic mass is 9.90. The van der Waals surface area contributed by atoms with Crippen molar-refractivity contribution in [1.29, 1.82) is 0 Å². The van der Waals surface area contributed by atoms with E-state index in [9.17, 15) is 0 Å². The van der Waals surface area contributed by atoms with E-state index >= 15 is 0 Å². The lowest BCUT2D eigenvalue weighted by Gasteiger charge is -2.24. The number of nitrogens with zero attached hydrogens (tertiary/aromatic N) is 3. The van der Waals surface area contributed by atoms with Gasteiger partial charge in [-0.2, -0.15) is 4.98 Å². The predicted molar refractivity (Wildman–Crippen MR) is 72.2 cm³/mol. The summed E-state index contributed by atoms with van der Waals surface area (Å²) in [4.78, 5) is 11.0. The highest BCUT2D eigenvalue weighted by Crippen LogP contribution is 2.32. The van der Waals surface area contributed by atoms with Crippen LogP contribution in [0.4, 0.5) is 5.82 Å². The molecule has 1 aliphatic heterocycles. The van der Waals surface area contributed by atoms with Crippen LogP contribution in [0.15, 0.2) is 6.07 Å². The van der Waals surface area contributed by atoms with Crippen molar-refractivity contribution in [1.82, 2.24) is 15.3 Å². The monoisotopic (exact) mass is 250 g/mol. The summed E-state index contributed by atoms with van der Waals surface area (Å²) < 4.78 is 5.20. The van der Waals surface area contributed by atoms with E-state index in [1.54, 1.807) is 7.11 Å². The van der Waals surface area contributed by atoms with E-state index < -0.39 is 0 Å². The lowest BCUT2D eigenvalue weighted by molar-refractivity contribution is 0.355. The van der Waals surface area contributed by atoms with E-state index in [4.69, 9.17) is 4.74 Å². The molecule has 0 saturated carbocycles. The SMILES string of the molecule is CNCC1(C)CCN(c2cc(OC)nc(C)n2)C1. The Labute approximate surface area is 109 Å². The minimum Gasteiger partial charge on any atom is -0.481 e. The Morgan fingerprint density at radius 3 is 2.94 bits per heavy atom. The standard InChI is InChI=1S/C13H22N4O/c1-10-15-11(7-12(16-10)18-4)17-6-5-13(2,9-17)8-14-3/h7,14H,5-6,8-9H2,1-4H3. The van der Waals surface area contributed by atoms with Gasteiger partial charge in [0.25, 0.3) is 0 Å². The molecule has 1 N–H and O–H groups in total. The average Bonchev–Trinajstić information content (AvgIpc) is 2.71. The molecule has 1 aliphatic rings. The lowest BCUT2D eigenvalue weighted by Crippen LogP contribution is -2.33. The Morgan fingerprint density at radius 1 is 1.50 bits per heavy atom. The Balaban J connectivity index is 2.16. The highest BCUT2D eigenvalue weighted by atomic mass is 16.5. The molecule has 0 spiro atoms. The molecular weight excluding hydrogens is 228 g/mol. The largest absolute Gasteiger partial charge is 0.481 e. The molecule has 1 fully saturated rings. The quantitative estimate of drug-likeness (QED) is 0.871. The Morgan fingerprint density at radius 2 is 2.28 bits per heavy atom. The molecule has 0 aliphatic carbocycles. The molecule has 0 amide bonds. The number of rotatable bonds is 4. The molecule has 100 valence electrons. The van der Waals surface area contributed by atoms with Crippen molar-refractivity contribution in [3.8, 4) is 5.88 Å².